The zero-order valence-electron chi connectivity index (χ0n) is 10.4. The second-order valence-corrected chi connectivity index (χ2v) is 3.90. The number of hydrogen-bond donors (Lipinski definition) is 1. The van der Waals surface area contributed by atoms with E-state index in [9.17, 15) is 4.79 Å². The van der Waals surface area contributed by atoms with Gasteiger partial charge < -0.3 is 15.2 Å². The van der Waals surface area contributed by atoms with Crippen LogP contribution < -0.4 is 10.5 Å². The van der Waals surface area contributed by atoms with Crippen LogP contribution in [0.2, 0.25) is 0 Å². The molecule has 1 rings (SSSR count). The molecule has 0 aromatic heterocycles. The molecule has 0 radical (unpaired) electrons. The van der Waals surface area contributed by atoms with Crippen molar-refractivity contribution in [2.75, 3.05) is 18.9 Å². The maximum atomic E-state index is 11.3. The van der Waals surface area contributed by atoms with E-state index < -0.39 is 0 Å². The molecular weight excluding hydrogens is 218 g/mol. The van der Waals surface area contributed by atoms with Crippen molar-refractivity contribution < 1.29 is 14.3 Å². The first-order chi connectivity index (χ1) is 8.13. The summed E-state index contributed by atoms with van der Waals surface area (Å²) >= 11 is 0. The Labute approximate surface area is 102 Å². The molecule has 1 aromatic rings. The van der Waals surface area contributed by atoms with Gasteiger partial charge in [-0.15, -0.1) is 0 Å². The smallest absolute Gasteiger partial charge is 0.344 e. The van der Waals surface area contributed by atoms with E-state index in [1.807, 2.05) is 19.9 Å². The lowest BCUT2D eigenvalue weighted by atomic mass is 10.2. The second-order valence-electron chi connectivity index (χ2n) is 3.90. The number of hydrogen-bond acceptors (Lipinski definition) is 4. The molecule has 94 valence electrons. The summed E-state index contributed by atoms with van der Waals surface area (Å²) in [5.41, 5.74) is 7.34. The molecule has 0 aliphatic heterocycles. The Kier molecular flexibility index (Phi) is 5.33. The van der Waals surface area contributed by atoms with E-state index in [2.05, 4.69) is 0 Å². The molecule has 0 spiro atoms. The van der Waals surface area contributed by atoms with Crippen LogP contribution in [0.1, 0.15) is 25.3 Å². The quantitative estimate of drug-likeness (QED) is 0.468. The van der Waals surface area contributed by atoms with Crippen molar-refractivity contribution in [2.24, 2.45) is 0 Å². The number of carbonyl (C=O) groups is 1. The molecule has 17 heavy (non-hydrogen) atoms. The van der Waals surface area contributed by atoms with Crippen LogP contribution in [0.15, 0.2) is 18.2 Å². The molecule has 0 unspecified atom stereocenters. The molecule has 0 saturated heterocycles. The van der Waals surface area contributed by atoms with E-state index in [0.717, 1.165) is 18.4 Å². The third-order valence-corrected chi connectivity index (χ3v) is 2.27. The van der Waals surface area contributed by atoms with Crippen LogP contribution in [-0.4, -0.2) is 19.2 Å². The lowest BCUT2D eigenvalue weighted by molar-refractivity contribution is -0.146. The van der Waals surface area contributed by atoms with Gasteiger partial charge in [0.25, 0.3) is 0 Å². The van der Waals surface area contributed by atoms with Crippen molar-refractivity contribution in [2.45, 2.75) is 26.7 Å². The number of aryl methyl sites for hydroxylation is 1. The van der Waals surface area contributed by atoms with Crippen LogP contribution in [0.3, 0.4) is 0 Å². The van der Waals surface area contributed by atoms with Crippen LogP contribution in [0.25, 0.3) is 0 Å². The van der Waals surface area contributed by atoms with Gasteiger partial charge in [-0.05, 0) is 31.0 Å². The molecule has 0 atom stereocenters. The predicted octanol–water partition coefficient (Wildman–Crippen LogP) is 2.30. The number of rotatable bonds is 6. The first-order valence-electron chi connectivity index (χ1n) is 5.78. The Morgan fingerprint density at radius 3 is 2.82 bits per heavy atom. The number of nitrogens with two attached hydrogens (primary N) is 1. The molecule has 4 nitrogen and oxygen atoms in total. The molecule has 2 N–H and O–H groups in total. The number of esters is 1. The molecule has 0 bridgehead atoms. The van der Waals surface area contributed by atoms with Crippen LogP contribution in [0.5, 0.6) is 5.75 Å². The predicted molar refractivity (Wildman–Crippen MR) is 67.0 cm³/mol. The number of carbonyl (C=O) groups excluding carboxylic acids is 1. The zero-order valence-corrected chi connectivity index (χ0v) is 10.4. The summed E-state index contributed by atoms with van der Waals surface area (Å²) in [6.45, 7) is 4.33. The monoisotopic (exact) mass is 237 g/mol. The normalized spacial score (nSPS) is 10.0. The van der Waals surface area contributed by atoms with Gasteiger partial charge in [0, 0.05) is 0 Å². The lowest BCUT2D eigenvalue weighted by Crippen LogP contribution is -2.16. The van der Waals surface area contributed by atoms with Gasteiger partial charge in [-0.1, -0.05) is 19.4 Å². The number of unbranched alkanes of at least 4 members (excludes halogenated alkanes) is 1. The van der Waals surface area contributed by atoms with Crippen LogP contribution >= 0.6 is 0 Å². The molecule has 0 aliphatic carbocycles. The SMILES string of the molecule is CCCCOC(=O)COc1ccc(C)cc1N. The van der Waals surface area contributed by atoms with Crippen molar-refractivity contribution in [3.63, 3.8) is 0 Å². The van der Waals surface area contributed by atoms with E-state index in [1.165, 1.54) is 0 Å². The highest BCUT2D eigenvalue weighted by Gasteiger charge is 2.06. The van der Waals surface area contributed by atoms with Gasteiger partial charge >= 0.3 is 5.97 Å². The van der Waals surface area contributed by atoms with Crippen LogP contribution in [0.4, 0.5) is 5.69 Å². The molecule has 0 heterocycles. The summed E-state index contributed by atoms with van der Waals surface area (Å²) < 4.78 is 10.2. The maximum Gasteiger partial charge on any atom is 0.344 e. The zero-order chi connectivity index (χ0) is 12.7. The van der Waals surface area contributed by atoms with Crippen molar-refractivity contribution in [3.8, 4) is 5.75 Å². The van der Waals surface area contributed by atoms with Crippen LogP contribution in [0, 0.1) is 6.92 Å². The Morgan fingerprint density at radius 1 is 1.41 bits per heavy atom. The van der Waals surface area contributed by atoms with Gasteiger partial charge in [0.1, 0.15) is 5.75 Å². The van der Waals surface area contributed by atoms with Gasteiger partial charge in [-0.2, -0.15) is 0 Å². The summed E-state index contributed by atoms with van der Waals surface area (Å²) in [7, 11) is 0. The molecule has 4 heteroatoms. The summed E-state index contributed by atoms with van der Waals surface area (Å²) in [4.78, 5) is 11.3. The summed E-state index contributed by atoms with van der Waals surface area (Å²) in [6.07, 6.45) is 1.87. The summed E-state index contributed by atoms with van der Waals surface area (Å²) in [5, 5.41) is 0. The summed E-state index contributed by atoms with van der Waals surface area (Å²) in [5.74, 6) is 0.154. The second kappa shape index (κ2) is 6.78. The van der Waals surface area contributed by atoms with Gasteiger partial charge in [-0.3, -0.25) is 0 Å². The minimum Gasteiger partial charge on any atom is -0.480 e. The fraction of sp³-hybridized carbons (Fsp3) is 0.462. The van der Waals surface area contributed by atoms with E-state index in [1.54, 1.807) is 12.1 Å². The van der Waals surface area contributed by atoms with Crippen molar-refractivity contribution in [1.29, 1.82) is 0 Å². The highest BCUT2D eigenvalue weighted by molar-refractivity contribution is 5.71. The number of ether oxygens (including phenoxy) is 2. The Bertz CT molecular complexity index is 377. The third kappa shape index (κ3) is 4.76. The molecular formula is C13H19NO3. The lowest BCUT2D eigenvalue weighted by Gasteiger charge is -2.09. The van der Waals surface area contributed by atoms with Gasteiger partial charge in [0.15, 0.2) is 6.61 Å². The largest absolute Gasteiger partial charge is 0.480 e. The van der Waals surface area contributed by atoms with E-state index in [4.69, 9.17) is 15.2 Å². The fourth-order valence-electron chi connectivity index (χ4n) is 1.31. The summed E-state index contributed by atoms with van der Waals surface area (Å²) in [6, 6.07) is 5.44. The van der Waals surface area contributed by atoms with E-state index >= 15 is 0 Å². The topological polar surface area (TPSA) is 61.5 Å². The van der Waals surface area contributed by atoms with Gasteiger partial charge in [0.2, 0.25) is 0 Å². The van der Waals surface area contributed by atoms with Crippen molar-refractivity contribution in [1.82, 2.24) is 0 Å². The minimum atomic E-state index is -0.363. The highest BCUT2D eigenvalue weighted by atomic mass is 16.6. The van der Waals surface area contributed by atoms with Gasteiger partial charge in [0.05, 0.1) is 12.3 Å². The van der Waals surface area contributed by atoms with E-state index in [0.29, 0.717) is 18.0 Å². The Hall–Kier alpha value is -1.71. The van der Waals surface area contributed by atoms with Crippen LogP contribution in [-0.2, 0) is 9.53 Å². The molecule has 0 fully saturated rings. The standard InChI is InChI=1S/C13H19NO3/c1-3-4-7-16-13(15)9-17-12-6-5-10(2)8-11(12)14/h5-6,8H,3-4,7,9,14H2,1-2H3. The molecule has 1 aromatic carbocycles. The Morgan fingerprint density at radius 2 is 2.18 bits per heavy atom. The van der Waals surface area contributed by atoms with Crippen molar-refractivity contribution >= 4 is 11.7 Å². The number of nitrogen functional groups attached to an aromatic ring is 1. The average molecular weight is 237 g/mol. The maximum absolute atomic E-state index is 11.3. The van der Waals surface area contributed by atoms with Crippen molar-refractivity contribution in [3.05, 3.63) is 23.8 Å². The van der Waals surface area contributed by atoms with E-state index in [-0.39, 0.29) is 12.6 Å². The molecule has 0 aliphatic rings. The Balaban J connectivity index is 2.37. The fourth-order valence-corrected chi connectivity index (χ4v) is 1.31. The number of anilines is 1. The first kappa shape index (κ1) is 13.4. The minimum absolute atomic E-state index is 0.100. The highest BCUT2D eigenvalue weighted by Crippen LogP contribution is 2.21. The average Bonchev–Trinajstić information content (AvgIpc) is 2.28. The molecule has 0 saturated carbocycles. The molecule has 0 amide bonds. The van der Waals surface area contributed by atoms with Gasteiger partial charge in [-0.25, -0.2) is 4.79 Å². The number of benzene rings is 1. The third-order valence-electron chi connectivity index (χ3n) is 2.27. The first-order valence-corrected chi connectivity index (χ1v) is 5.78.